The average molecular weight is 645 g/mol. The highest BCUT2D eigenvalue weighted by Crippen LogP contribution is 2.27. The zero-order chi connectivity index (χ0) is 33.2. The topological polar surface area (TPSA) is 164 Å². The first-order valence-corrected chi connectivity index (χ1v) is 16.9. The first-order valence-electron chi connectivity index (χ1n) is 16.0. The van der Waals surface area contributed by atoms with E-state index in [1.165, 1.54) is 23.3 Å². The van der Waals surface area contributed by atoms with Crippen molar-refractivity contribution < 1.29 is 14.4 Å². The maximum absolute atomic E-state index is 11.7. The number of piperazine rings is 1. The molecular formula is C33H56N8O3S. The summed E-state index contributed by atoms with van der Waals surface area (Å²) in [4.78, 5) is 44.5. The Labute approximate surface area is 273 Å². The van der Waals surface area contributed by atoms with Gasteiger partial charge in [0.15, 0.2) is 0 Å². The van der Waals surface area contributed by atoms with Crippen molar-refractivity contribution in [2.45, 2.75) is 72.4 Å². The molecule has 1 atom stereocenters. The fourth-order valence-electron chi connectivity index (χ4n) is 5.14. The van der Waals surface area contributed by atoms with Crippen molar-refractivity contribution >= 4 is 29.6 Å². The summed E-state index contributed by atoms with van der Waals surface area (Å²) in [6, 6.07) is 8.35. The normalized spacial score (nSPS) is 17.1. The third-order valence-electron chi connectivity index (χ3n) is 7.63. The number of aromatic nitrogens is 1. The zero-order valence-corrected chi connectivity index (χ0v) is 28.6. The van der Waals surface area contributed by atoms with Crippen LogP contribution in [0, 0.1) is 12.3 Å². The summed E-state index contributed by atoms with van der Waals surface area (Å²) in [6.45, 7) is 16.8. The number of likely N-dealkylation sites (tertiary alicyclic amines) is 1. The molecular weight excluding hydrogens is 588 g/mol. The molecule has 0 spiro atoms. The fraction of sp³-hybridized carbons (Fsp3) is 0.636. The number of carbonyl (C=O) groups is 3. The van der Waals surface area contributed by atoms with Crippen LogP contribution >= 0.6 is 11.3 Å². The lowest BCUT2D eigenvalue weighted by Gasteiger charge is -2.33. The molecule has 3 amide bonds. The molecule has 4 rings (SSSR count). The molecule has 252 valence electrons. The second-order valence-electron chi connectivity index (χ2n) is 13.0. The van der Waals surface area contributed by atoms with Gasteiger partial charge in [-0.25, -0.2) is 4.98 Å². The number of unbranched alkanes of at least 4 members (excludes halogenated alkanes) is 2. The van der Waals surface area contributed by atoms with Crippen molar-refractivity contribution in [2.75, 3.05) is 58.9 Å². The van der Waals surface area contributed by atoms with Crippen LogP contribution in [-0.4, -0.2) is 103 Å². The molecule has 1 unspecified atom stereocenters. The van der Waals surface area contributed by atoms with Gasteiger partial charge >= 0.3 is 0 Å². The number of nitrogens with two attached hydrogens (primary N) is 3. The smallest absolute Gasteiger partial charge is 0.231 e. The van der Waals surface area contributed by atoms with E-state index < -0.39 is 0 Å². The summed E-state index contributed by atoms with van der Waals surface area (Å²) < 4.78 is 0. The number of thiazole rings is 1. The van der Waals surface area contributed by atoms with Crippen molar-refractivity contribution in [3.63, 3.8) is 0 Å². The van der Waals surface area contributed by atoms with Gasteiger partial charge < -0.3 is 32.3 Å². The Balaban J connectivity index is 0.000000237. The Kier molecular flexibility index (Phi) is 17.2. The van der Waals surface area contributed by atoms with Crippen molar-refractivity contribution in [2.24, 2.45) is 22.6 Å². The van der Waals surface area contributed by atoms with Crippen LogP contribution in [0.4, 0.5) is 0 Å². The SMILES string of the molecule is CC(C)(C)CC(=O)N1CCC(N)C1.Cc1ncsc1-c1ccc(CNC=O)cc1.NCCCCCN1CCN(CC(N)=O)CC1. The number of aryl methyl sites for hydroxylation is 1. The number of nitrogens with zero attached hydrogens (tertiary/aromatic N) is 4. The minimum Gasteiger partial charge on any atom is -0.369 e. The number of carbonyl (C=O) groups excluding carboxylic acids is 3. The molecule has 0 saturated carbocycles. The van der Waals surface area contributed by atoms with E-state index in [0.717, 1.165) is 76.5 Å². The van der Waals surface area contributed by atoms with E-state index >= 15 is 0 Å². The summed E-state index contributed by atoms with van der Waals surface area (Å²) in [5.41, 5.74) is 21.6. The summed E-state index contributed by atoms with van der Waals surface area (Å²) in [7, 11) is 0. The van der Waals surface area contributed by atoms with Crippen LogP contribution in [0.3, 0.4) is 0 Å². The molecule has 2 aliphatic rings. The summed E-state index contributed by atoms with van der Waals surface area (Å²) in [6.07, 6.45) is 5.86. The maximum atomic E-state index is 11.7. The third kappa shape index (κ3) is 15.8. The van der Waals surface area contributed by atoms with Crippen LogP contribution in [0.25, 0.3) is 10.4 Å². The number of rotatable bonds is 12. The molecule has 45 heavy (non-hydrogen) atoms. The van der Waals surface area contributed by atoms with Crippen molar-refractivity contribution in [3.05, 3.63) is 41.0 Å². The second kappa shape index (κ2) is 20.3. The predicted octanol–water partition coefficient (Wildman–Crippen LogP) is 2.57. The summed E-state index contributed by atoms with van der Waals surface area (Å²) in [5, 5.41) is 2.64. The van der Waals surface area contributed by atoms with Gasteiger partial charge in [-0.15, -0.1) is 11.3 Å². The third-order valence-corrected chi connectivity index (χ3v) is 8.61. The van der Waals surface area contributed by atoms with Crippen LogP contribution in [0.1, 0.15) is 64.1 Å². The first-order chi connectivity index (χ1) is 21.4. The highest BCUT2D eigenvalue weighted by Gasteiger charge is 2.26. The van der Waals surface area contributed by atoms with Gasteiger partial charge in [0.2, 0.25) is 18.2 Å². The fourth-order valence-corrected chi connectivity index (χ4v) is 5.95. The van der Waals surface area contributed by atoms with Gasteiger partial charge in [-0.3, -0.25) is 19.3 Å². The molecule has 2 fully saturated rings. The Morgan fingerprint density at radius 1 is 1.04 bits per heavy atom. The zero-order valence-electron chi connectivity index (χ0n) is 27.8. The van der Waals surface area contributed by atoms with E-state index in [2.05, 4.69) is 53.0 Å². The van der Waals surface area contributed by atoms with Gasteiger partial charge in [0.25, 0.3) is 0 Å². The number of benzene rings is 1. The summed E-state index contributed by atoms with van der Waals surface area (Å²) >= 11 is 1.64. The van der Waals surface area contributed by atoms with E-state index in [9.17, 15) is 14.4 Å². The molecule has 3 heterocycles. The lowest BCUT2D eigenvalue weighted by atomic mass is 9.92. The van der Waals surface area contributed by atoms with Crippen LogP contribution in [-0.2, 0) is 20.9 Å². The molecule has 2 aliphatic heterocycles. The van der Waals surface area contributed by atoms with E-state index in [-0.39, 0.29) is 23.3 Å². The Hall–Kier alpha value is -2.90. The van der Waals surface area contributed by atoms with Gasteiger partial charge in [0, 0.05) is 58.3 Å². The molecule has 11 nitrogen and oxygen atoms in total. The second-order valence-corrected chi connectivity index (χ2v) is 13.9. The van der Waals surface area contributed by atoms with Crippen molar-refractivity contribution in [1.82, 2.24) is 25.0 Å². The van der Waals surface area contributed by atoms with E-state index in [1.807, 2.05) is 29.5 Å². The minimum absolute atomic E-state index is 0.0871. The van der Waals surface area contributed by atoms with E-state index in [1.54, 1.807) is 11.3 Å². The standard InChI is InChI=1S/C12H12N2OS.C11H24N4O.C10H20N2O/c1-9-12(16-8-14-9)11-4-2-10(3-5-11)6-13-7-15;12-4-2-1-3-5-14-6-8-15(9-7-14)10-11(13)16;1-10(2,3)6-9(13)12-5-4-8(11)7-12/h2-5,7-8H,6H2,1H3,(H,13,15);1-10,12H2,(H2,13,16);8H,4-7,11H2,1-3H3. The van der Waals surface area contributed by atoms with Crippen LogP contribution in [0.5, 0.6) is 0 Å². The monoisotopic (exact) mass is 644 g/mol. The van der Waals surface area contributed by atoms with Gasteiger partial charge in [-0.1, -0.05) is 51.5 Å². The number of primary amides is 1. The van der Waals surface area contributed by atoms with Crippen molar-refractivity contribution in [3.8, 4) is 10.4 Å². The lowest BCUT2D eigenvalue weighted by molar-refractivity contribution is -0.132. The van der Waals surface area contributed by atoms with E-state index in [0.29, 0.717) is 25.9 Å². The highest BCUT2D eigenvalue weighted by molar-refractivity contribution is 7.13. The molecule has 2 saturated heterocycles. The van der Waals surface area contributed by atoms with Gasteiger partial charge in [0.1, 0.15) is 0 Å². The molecule has 1 aromatic carbocycles. The predicted molar refractivity (Wildman–Crippen MR) is 183 cm³/mol. The van der Waals surface area contributed by atoms with Crippen LogP contribution in [0.15, 0.2) is 29.8 Å². The first kappa shape index (κ1) is 38.3. The van der Waals surface area contributed by atoms with Gasteiger partial charge in [-0.2, -0.15) is 0 Å². The average Bonchev–Trinajstić information content (AvgIpc) is 3.63. The molecule has 2 aromatic rings. The van der Waals surface area contributed by atoms with Crippen LogP contribution in [0.2, 0.25) is 0 Å². The lowest BCUT2D eigenvalue weighted by Crippen LogP contribution is -2.48. The number of nitrogens with one attached hydrogen (secondary N) is 1. The molecule has 0 radical (unpaired) electrons. The summed E-state index contributed by atoms with van der Waals surface area (Å²) in [5.74, 6) is 0.0249. The Bertz CT molecular complexity index is 1140. The number of hydrogen-bond donors (Lipinski definition) is 4. The number of amides is 3. The van der Waals surface area contributed by atoms with E-state index in [4.69, 9.17) is 17.2 Å². The minimum atomic E-state index is -0.226. The Morgan fingerprint density at radius 3 is 2.22 bits per heavy atom. The molecule has 1 aromatic heterocycles. The van der Waals surface area contributed by atoms with Crippen molar-refractivity contribution in [1.29, 1.82) is 0 Å². The van der Waals surface area contributed by atoms with Gasteiger partial charge in [0.05, 0.1) is 22.6 Å². The Morgan fingerprint density at radius 2 is 1.71 bits per heavy atom. The quantitative estimate of drug-likeness (QED) is 0.202. The maximum Gasteiger partial charge on any atom is 0.231 e. The molecule has 0 bridgehead atoms. The van der Waals surface area contributed by atoms with Crippen LogP contribution < -0.4 is 22.5 Å². The largest absolute Gasteiger partial charge is 0.369 e. The highest BCUT2D eigenvalue weighted by atomic mass is 32.1. The number of hydrogen-bond acceptors (Lipinski definition) is 9. The molecule has 7 N–H and O–H groups in total. The van der Waals surface area contributed by atoms with Gasteiger partial charge in [-0.05, 0) is 55.8 Å². The molecule has 12 heteroatoms. The molecule has 0 aliphatic carbocycles.